The minimum Gasteiger partial charge on any atom is -0.381 e. The van der Waals surface area contributed by atoms with Gasteiger partial charge in [0.15, 0.2) is 11.5 Å². The highest BCUT2D eigenvalue weighted by Crippen LogP contribution is 2.29. The summed E-state index contributed by atoms with van der Waals surface area (Å²) in [5.74, 6) is 5.41. The first-order valence-corrected chi connectivity index (χ1v) is 12.3. The molecule has 11 heteroatoms. The molecule has 0 fully saturated rings. The van der Waals surface area contributed by atoms with Crippen molar-refractivity contribution in [2.75, 3.05) is 5.73 Å². The number of carbonyl (C=O) groups is 1. The van der Waals surface area contributed by atoms with Crippen LogP contribution >= 0.6 is 0 Å². The molecule has 6 aromatic rings. The Hall–Kier alpha value is -5.63. The number of halogens is 1. The quantitative estimate of drug-likeness (QED) is 0.332. The summed E-state index contributed by atoms with van der Waals surface area (Å²) in [6.45, 7) is 1.78. The molecule has 0 radical (unpaired) electrons. The maximum atomic E-state index is 14.3. The van der Waals surface area contributed by atoms with Crippen molar-refractivity contribution in [3.05, 3.63) is 102 Å². The first-order valence-electron chi connectivity index (χ1n) is 12.3. The van der Waals surface area contributed by atoms with Crippen molar-refractivity contribution in [3.63, 3.8) is 0 Å². The average Bonchev–Trinajstić information content (AvgIpc) is 3.52. The van der Waals surface area contributed by atoms with Crippen molar-refractivity contribution in [3.8, 4) is 23.1 Å². The second kappa shape index (κ2) is 9.92. The van der Waals surface area contributed by atoms with E-state index >= 15 is 0 Å². The number of amides is 1. The number of aryl methyl sites for hydroxylation is 1. The lowest BCUT2D eigenvalue weighted by Crippen LogP contribution is -2.28. The zero-order valence-corrected chi connectivity index (χ0v) is 21.5. The Kier molecular flexibility index (Phi) is 6.12. The molecule has 2 aromatic carbocycles. The lowest BCUT2D eigenvalue weighted by atomic mass is 10.0. The second-order valence-corrected chi connectivity index (χ2v) is 9.14. The van der Waals surface area contributed by atoms with Crippen LogP contribution in [0.1, 0.15) is 40.1 Å². The Morgan fingerprint density at radius 2 is 1.98 bits per heavy atom. The number of aromatic nitrogens is 7. The number of carbonyl (C=O) groups excluding carboxylic acids is 1. The number of benzene rings is 2. The summed E-state index contributed by atoms with van der Waals surface area (Å²) in [5, 5.41) is 11.3. The van der Waals surface area contributed by atoms with Crippen molar-refractivity contribution >= 4 is 28.4 Å². The van der Waals surface area contributed by atoms with Gasteiger partial charge in [-0.15, -0.1) is 5.10 Å². The smallest absolute Gasteiger partial charge is 0.259 e. The molecule has 1 amide bonds. The maximum Gasteiger partial charge on any atom is 0.259 e. The predicted octanol–water partition coefficient (Wildman–Crippen LogP) is 3.69. The van der Waals surface area contributed by atoms with Crippen LogP contribution in [-0.2, 0) is 7.05 Å². The van der Waals surface area contributed by atoms with Gasteiger partial charge in [0.2, 0.25) is 0 Å². The molecule has 0 saturated carbocycles. The van der Waals surface area contributed by atoms with Gasteiger partial charge in [0.1, 0.15) is 16.9 Å². The number of para-hydroxylation sites is 1. The van der Waals surface area contributed by atoms with Crippen LogP contribution in [0.2, 0.25) is 0 Å². The van der Waals surface area contributed by atoms with Gasteiger partial charge < -0.3 is 11.1 Å². The summed E-state index contributed by atoms with van der Waals surface area (Å²) in [6, 6.07) is 12.6. The second-order valence-electron chi connectivity index (χ2n) is 9.14. The lowest BCUT2D eigenvalue weighted by molar-refractivity contribution is 0.0941. The van der Waals surface area contributed by atoms with Gasteiger partial charge in [0, 0.05) is 31.2 Å². The molecule has 0 unspecified atom stereocenters. The topological polar surface area (TPSA) is 129 Å². The summed E-state index contributed by atoms with van der Waals surface area (Å²) in [7, 11) is 1.82. The molecule has 0 aliphatic heterocycles. The average molecular weight is 532 g/mol. The molecular weight excluding hydrogens is 509 g/mol. The molecule has 196 valence electrons. The molecule has 0 bridgehead atoms. The number of rotatable bonds is 4. The number of nitrogens with one attached hydrogen (secondary N) is 1. The summed E-state index contributed by atoms with van der Waals surface area (Å²) in [6.07, 6.45) is 6.71. The Balaban J connectivity index is 1.45. The van der Waals surface area contributed by atoms with E-state index in [1.54, 1.807) is 48.4 Å². The molecule has 6 rings (SSSR count). The van der Waals surface area contributed by atoms with Gasteiger partial charge in [-0.2, -0.15) is 5.10 Å². The van der Waals surface area contributed by atoms with Crippen molar-refractivity contribution in [1.29, 1.82) is 0 Å². The van der Waals surface area contributed by atoms with Crippen LogP contribution in [0.3, 0.4) is 0 Å². The largest absolute Gasteiger partial charge is 0.381 e. The molecule has 40 heavy (non-hydrogen) atoms. The van der Waals surface area contributed by atoms with E-state index in [9.17, 15) is 9.18 Å². The van der Waals surface area contributed by atoms with Crippen molar-refractivity contribution in [2.45, 2.75) is 13.0 Å². The van der Waals surface area contributed by atoms with Crippen LogP contribution in [0.25, 0.3) is 27.9 Å². The zero-order valence-electron chi connectivity index (χ0n) is 21.5. The Morgan fingerprint density at radius 1 is 1.12 bits per heavy atom. The summed E-state index contributed by atoms with van der Waals surface area (Å²) in [5.41, 5.74) is 10.5. The number of nitrogens with two attached hydrogens (primary N) is 1. The van der Waals surface area contributed by atoms with Crippen LogP contribution in [-0.4, -0.2) is 40.3 Å². The van der Waals surface area contributed by atoms with Gasteiger partial charge in [-0.1, -0.05) is 30.0 Å². The number of fused-ring (bicyclic) bond motifs is 2. The molecule has 0 spiro atoms. The van der Waals surface area contributed by atoms with E-state index in [-0.39, 0.29) is 11.4 Å². The van der Waals surface area contributed by atoms with E-state index in [2.05, 4.69) is 32.3 Å². The zero-order chi connectivity index (χ0) is 27.8. The van der Waals surface area contributed by atoms with Gasteiger partial charge in [-0.05, 0) is 37.3 Å². The van der Waals surface area contributed by atoms with E-state index < -0.39 is 17.8 Å². The molecule has 10 nitrogen and oxygen atoms in total. The minimum atomic E-state index is -0.633. The molecule has 4 heterocycles. The van der Waals surface area contributed by atoms with E-state index in [1.807, 2.05) is 31.4 Å². The fraction of sp³-hybridized carbons (Fsp3) is 0.103. The molecule has 4 aromatic heterocycles. The molecule has 0 saturated heterocycles. The summed E-state index contributed by atoms with van der Waals surface area (Å²) in [4.78, 5) is 27.4. The van der Waals surface area contributed by atoms with Crippen LogP contribution in [0.5, 0.6) is 0 Å². The third-order valence-corrected chi connectivity index (χ3v) is 6.27. The summed E-state index contributed by atoms with van der Waals surface area (Å²) < 4.78 is 17.4. The van der Waals surface area contributed by atoms with Crippen molar-refractivity contribution < 1.29 is 9.18 Å². The molecule has 0 aliphatic carbocycles. The number of hydrogen-bond donors (Lipinski definition) is 2. The van der Waals surface area contributed by atoms with Crippen LogP contribution in [0, 0.1) is 17.7 Å². The van der Waals surface area contributed by atoms with E-state index in [0.29, 0.717) is 39.2 Å². The van der Waals surface area contributed by atoms with Gasteiger partial charge >= 0.3 is 0 Å². The van der Waals surface area contributed by atoms with Gasteiger partial charge in [0.25, 0.3) is 5.91 Å². The van der Waals surface area contributed by atoms with Crippen molar-refractivity contribution in [2.24, 2.45) is 7.05 Å². The van der Waals surface area contributed by atoms with Crippen LogP contribution < -0.4 is 11.1 Å². The minimum absolute atomic E-state index is 0.0511. The monoisotopic (exact) mass is 531 g/mol. The molecule has 1 atom stereocenters. The Bertz CT molecular complexity index is 1980. The van der Waals surface area contributed by atoms with Crippen LogP contribution in [0.15, 0.2) is 73.3 Å². The van der Waals surface area contributed by atoms with E-state index in [0.717, 1.165) is 5.56 Å². The van der Waals surface area contributed by atoms with Crippen LogP contribution in [0.4, 0.5) is 10.2 Å². The van der Waals surface area contributed by atoms with E-state index in [4.69, 9.17) is 15.7 Å². The maximum absolute atomic E-state index is 14.3. The molecule has 0 aliphatic rings. The number of anilines is 1. The highest BCUT2D eigenvalue weighted by molar-refractivity contribution is 6.04. The molecule has 3 N–H and O–H groups in total. The number of nitrogen functional groups attached to an aromatic ring is 1. The third kappa shape index (κ3) is 4.58. The molecular formula is C29H22FN9O. The standard InChI is InChI=1S/C29H22FN9O/c1-17(34-29(40)23-27(31)37-39-13-5-12-32-28(23)39)24-26(20-7-3-8-21(30)14-20)36-25-19(6-4-9-22(25)35-24)11-10-18-15-33-38(2)16-18/h3-9,12-17H,1-2H3,(H2,31,37)(H,34,40)/t17-/m1/s1. The number of nitrogens with zero attached hydrogens (tertiary/aromatic N) is 7. The van der Waals surface area contributed by atoms with E-state index in [1.165, 1.54) is 16.6 Å². The lowest BCUT2D eigenvalue weighted by Gasteiger charge is -2.18. The van der Waals surface area contributed by atoms with Gasteiger partial charge in [-0.3, -0.25) is 9.48 Å². The Morgan fingerprint density at radius 3 is 2.77 bits per heavy atom. The highest BCUT2D eigenvalue weighted by atomic mass is 19.1. The predicted molar refractivity (Wildman–Crippen MR) is 147 cm³/mol. The van der Waals surface area contributed by atoms with Crippen molar-refractivity contribution in [1.82, 2.24) is 39.7 Å². The number of hydrogen-bond acceptors (Lipinski definition) is 7. The first kappa shape index (κ1) is 24.7. The van der Waals surface area contributed by atoms with Gasteiger partial charge in [-0.25, -0.2) is 23.9 Å². The summed E-state index contributed by atoms with van der Waals surface area (Å²) >= 11 is 0. The third-order valence-electron chi connectivity index (χ3n) is 6.27. The fourth-order valence-electron chi connectivity index (χ4n) is 4.43. The normalized spacial score (nSPS) is 11.8. The SMILES string of the molecule is C[C@@H](NC(=O)c1c(N)nn2cccnc12)c1nc2cccc(C#Cc3cnn(C)c3)c2nc1-c1cccc(F)c1. The first-order chi connectivity index (χ1) is 19.4. The van der Waals surface area contributed by atoms with Gasteiger partial charge in [0.05, 0.1) is 40.3 Å². The highest BCUT2D eigenvalue weighted by Gasteiger charge is 2.24. The Labute approximate surface area is 227 Å². The fourth-order valence-corrected chi connectivity index (χ4v) is 4.43.